The van der Waals surface area contributed by atoms with Crippen LogP contribution in [0, 0.1) is 13.8 Å². The number of anilines is 1. The molecule has 0 fully saturated rings. The van der Waals surface area contributed by atoms with Crippen molar-refractivity contribution in [3.05, 3.63) is 77.1 Å². The number of rotatable bonds is 4. The molecule has 29 heavy (non-hydrogen) atoms. The molecule has 0 radical (unpaired) electrons. The highest BCUT2D eigenvalue weighted by Gasteiger charge is 2.14. The van der Waals surface area contributed by atoms with Crippen molar-refractivity contribution in [2.45, 2.75) is 13.8 Å². The SMILES string of the molecule is Cc1ccc(-c2nc(C(=O)Nc3cnc(-c4cccc(O)c4)nc3)cs2)c(C)c1. The van der Waals surface area contributed by atoms with Gasteiger partial charge >= 0.3 is 0 Å². The van der Waals surface area contributed by atoms with Crippen molar-refractivity contribution in [1.82, 2.24) is 15.0 Å². The van der Waals surface area contributed by atoms with Crippen molar-refractivity contribution in [3.8, 4) is 27.7 Å². The Labute approximate surface area is 172 Å². The number of aryl methyl sites for hydroxylation is 2. The molecule has 2 aromatic carbocycles. The Balaban J connectivity index is 1.49. The molecule has 0 atom stereocenters. The standard InChI is InChI=1S/C22H18N4O2S/c1-13-6-7-18(14(2)8-13)22-26-19(12-29-22)21(28)25-16-10-23-20(24-11-16)15-4-3-5-17(27)9-15/h3-12,27H,1-2H3,(H,25,28). The number of hydrogen-bond acceptors (Lipinski definition) is 6. The molecule has 2 aromatic heterocycles. The summed E-state index contributed by atoms with van der Waals surface area (Å²) in [7, 11) is 0. The van der Waals surface area contributed by atoms with E-state index in [0.29, 0.717) is 22.8 Å². The zero-order chi connectivity index (χ0) is 20.4. The highest BCUT2D eigenvalue weighted by Crippen LogP contribution is 2.28. The molecule has 2 N–H and O–H groups in total. The van der Waals surface area contributed by atoms with Gasteiger partial charge in [0.2, 0.25) is 0 Å². The number of phenols is 1. The van der Waals surface area contributed by atoms with Crippen LogP contribution in [0.5, 0.6) is 5.75 Å². The third-order valence-electron chi connectivity index (χ3n) is 4.36. The van der Waals surface area contributed by atoms with E-state index in [4.69, 9.17) is 0 Å². The molecule has 7 heteroatoms. The second-order valence-corrected chi connectivity index (χ2v) is 7.51. The zero-order valence-electron chi connectivity index (χ0n) is 15.9. The molecule has 0 aliphatic heterocycles. The summed E-state index contributed by atoms with van der Waals surface area (Å²) in [6.07, 6.45) is 3.06. The van der Waals surface area contributed by atoms with Crippen LogP contribution in [0.2, 0.25) is 0 Å². The van der Waals surface area contributed by atoms with Crippen molar-refractivity contribution in [3.63, 3.8) is 0 Å². The highest BCUT2D eigenvalue weighted by molar-refractivity contribution is 7.13. The molecule has 0 aliphatic carbocycles. The summed E-state index contributed by atoms with van der Waals surface area (Å²) in [4.78, 5) is 25.5. The Kier molecular flexibility index (Phi) is 5.05. The minimum absolute atomic E-state index is 0.145. The summed E-state index contributed by atoms with van der Waals surface area (Å²) in [6.45, 7) is 4.08. The first-order valence-electron chi connectivity index (χ1n) is 8.95. The Morgan fingerprint density at radius 2 is 1.86 bits per heavy atom. The smallest absolute Gasteiger partial charge is 0.275 e. The van der Waals surface area contributed by atoms with Gasteiger partial charge in [-0.25, -0.2) is 15.0 Å². The van der Waals surface area contributed by atoms with E-state index in [0.717, 1.165) is 16.1 Å². The third-order valence-corrected chi connectivity index (χ3v) is 5.24. The summed E-state index contributed by atoms with van der Waals surface area (Å²) < 4.78 is 0. The lowest BCUT2D eigenvalue weighted by molar-refractivity contribution is 0.102. The molecule has 0 saturated heterocycles. The maximum atomic E-state index is 12.5. The van der Waals surface area contributed by atoms with E-state index in [9.17, 15) is 9.90 Å². The predicted molar refractivity (Wildman–Crippen MR) is 114 cm³/mol. The number of nitrogens with zero attached hydrogens (tertiary/aromatic N) is 3. The third kappa shape index (κ3) is 4.14. The number of aromatic nitrogens is 3. The summed E-state index contributed by atoms with van der Waals surface area (Å²) in [5.41, 5.74) is 4.86. The number of amides is 1. The molecule has 0 aliphatic rings. The van der Waals surface area contributed by atoms with Gasteiger partial charge in [-0.05, 0) is 31.5 Å². The van der Waals surface area contributed by atoms with Crippen molar-refractivity contribution >= 4 is 22.9 Å². The summed E-state index contributed by atoms with van der Waals surface area (Å²) in [5.74, 6) is 0.294. The first kappa shape index (κ1) is 18.8. The van der Waals surface area contributed by atoms with Crippen LogP contribution in [-0.4, -0.2) is 26.0 Å². The minimum atomic E-state index is -0.314. The van der Waals surface area contributed by atoms with Crippen LogP contribution in [0.4, 0.5) is 5.69 Å². The largest absolute Gasteiger partial charge is 0.508 e. The fraction of sp³-hybridized carbons (Fsp3) is 0.0909. The topological polar surface area (TPSA) is 88.0 Å². The Morgan fingerprint density at radius 1 is 1.07 bits per heavy atom. The zero-order valence-corrected chi connectivity index (χ0v) is 16.7. The van der Waals surface area contributed by atoms with Gasteiger partial charge in [-0.1, -0.05) is 35.9 Å². The molecular formula is C22H18N4O2S. The van der Waals surface area contributed by atoms with Gasteiger partial charge in [-0.2, -0.15) is 0 Å². The maximum Gasteiger partial charge on any atom is 0.275 e. The molecule has 0 bridgehead atoms. The summed E-state index contributed by atoms with van der Waals surface area (Å²) in [5, 5.41) is 14.9. The van der Waals surface area contributed by atoms with Crippen molar-refractivity contribution in [2.24, 2.45) is 0 Å². The van der Waals surface area contributed by atoms with Gasteiger partial charge in [0.1, 0.15) is 16.5 Å². The normalized spacial score (nSPS) is 10.7. The molecule has 4 aromatic rings. The molecule has 4 rings (SSSR count). The van der Waals surface area contributed by atoms with Crippen LogP contribution in [0.3, 0.4) is 0 Å². The van der Waals surface area contributed by atoms with Crippen molar-refractivity contribution < 1.29 is 9.90 Å². The van der Waals surface area contributed by atoms with E-state index >= 15 is 0 Å². The fourth-order valence-electron chi connectivity index (χ4n) is 2.94. The second kappa shape index (κ2) is 7.81. The number of aromatic hydroxyl groups is 1. The predicted octanol–water partition coefficient (Wildman–Crippen LogP) is 4.84. The number of benzene rings is 2. The van der Waals surface area contributed by atoms with Crippen LogP contribution >= 0.6 is 11.3 Å². The van der Waals surface area contributed by atoms with Gasteiger partial charge in [-0.3, -0.25) is 4.79 Å². The molecule has 2 heterocycles. The summed E-state index contributed by atoms with van der Waals surface area (Å²) >= 11 is 1.44. The quantitative estimate of drug-likeness (QED) is 0.510. The van der Waals surface area contributed by atoms with Crippen LogP contribution in [0.1, 0.15) is 21.6 Å². The lowest BCUT2D eigenvalue weighted by Crippen LogP contribution is -2.12. The van der Waals surface area contributed by atoms with Crippen LogP contribution < -0.4 is 5.32 Å². The van der Waals surface area contributed by atoms with Crippen LogP contribution in [-0.2, 0) is 0 Å². The number of thiazole rings is 1. The van der Waals surface area contributed by atoms with Gasteiger partial charge in [0.15, 0.2) is 5.82 Å². The van der Waals surface area contributed by atoms with Crippen LogP contribution in [0.15, 0.2) is 60.2 Å². The average molecular weight is 402 g/mol. The van der Waals surface area contributed by atoms with Gasteiger partial charge in [-0.15, -0.1) is 11.3 Å². The van der Waals surface area contributed by atoms with Gasteiger partial charge in [0.25, 0.3) is 5.91 Å². The first-order chi connectivity index (χ1) is 14.0. The Bertz CT molecular complexity index is 1190. The summed E-state index contributed by atoms with van der Waals surface area (Å²) in [6, 6.07) is 12.8. The van der Waals surface area contributed by atoms with Gasteiger partial charge in [0, 0.05) is 16.5 Å². The second-order valence-electron chi connectivity index (χ2n) is 6.66. The monoisotopic (exact) mass is 402 g/mol. The number of carbonyl (C=O) groups is 1. The number of hydrogen-bond donors (Lipinski definition) is 2. The van der Waals surface area contributed by atoms with Gasteiger partial charge in [0.05, 0.1) is 18.1 Å². The van der Waals surface area contributed by atoms with Crippen molar-refractivity contribution in [2.75, 3.05) is 5.32 Å². The van der Waals surface area contributed by atoms with E-state index < -0.39 is 0 Å². The maximum absolute atomic E-state index is 12.5. The molecule has 0 unspecified atom stereocenters. The fourth-order valence-corrected chi connectivity index (χ4v) is 3.83. The molecular weight excluding hydrogens is 384 g/mol. The lowest BCUT2D eigenvalue weighted by atomic mass is 10.1. The van der Waals surface area contributed by atoms with E-state index in [1.807, 2.05) is 26.0 Å². The molecule has 0 saturated carbocycles. The number of nitrogens with one attached hydrogen (secondary N) is 1. The Morgan fingerprint density at radius 3 is 2.59 bits per heavy atom. The van der Waals surface area contributed by atoms with Crippen LogP contribution in [0.25, 0.3) is 22.0 Å². The Hall–Kier alpha value is -3.58. The van der Waals surface area contributed by atoms with E-state index in [2.05, 4.69) is 26.3 Å². The molecule has 144 valence electrons. The number of carbonyl (C=O) groups excluding carboxylic acids is 1. The molecule has 0 spiro atoms. The lowest BCUT2D eigenvalue weighted by Gasteiger charge is -2.05. The average Bonchev–Trinajstić information content (AvgIpc) is 3.18. The number of phenolic OH excluding ortho intramolecular Hbond substituents is 1. The highest BCUT2D eigenvalue weighted by atomic mass is 32.1. The minimum Gasteiger partial charge on any atom is -0.508 e. The molecule has 1 amide bonds. The van der Waals surface area contributed by atoms with E-state index in [1.54, 1.807) is 29.6 Å². The van der Waals surface area contributed by atoms with Crippen molar-refractivity contribution in [1.29, 1.82) is 0 Å². The first-order valence-corrected chi connectivity index (χ1v) is 9.83. The van der Waals surface area contributed by atoms with E-state index in [1.165, 1.54) is 29.3 Å². The molecule has 6 nitrogen and oxygen atoms in total. The van der Waals surface area contributed by atoms with Gasteiger partial charge < -0.3 is 10.4 Å². The van der Waals surface area contributed by atoms with E-state index in [-0.39, 0.29) is 11.7 Å².